The Morgan fingerprint density at radius 1 is 0.327 bits per heavy atom. The minimum absolute atomic E-state index is 0. The average molecular weight is 1620 g/mol. The van der Waals surface area contributed by atoms with Crippen LogP contribution in [0.2, 0.25) is 0 Å². The zero-order valence-electron chi connectivity index (χ0n) is 54.4. The van der Waals surface area contributed by atoms with Crippen LogP contribution in [-0.2, 0) is 81.4 Å². The second-order valence-electron chi connectivity index (χ2n) is 20.9. The molecule has 0 saturated heterocycles. The van der Waals surface area contributed by atoms with E-state index in [1.54, 1.807) is 0 Å². The quantitative estimate of drug-likeness (QED) is 0.0116. The first-order chi connectivity index (χ1) is 46.9. The largest absolute Gasteiger partial charge is 3.00 e. The van der Waals surface area contributed by atoms with Crippen LogP contribution in [0.5, 0.6) is 0 Å². The Morgan fingerprint density at radius 3 is 0.743 bits per heavy atom. The summed E-state index contributed by atoms with van der Waals surface area (Å²) in [6.07, 6.45) is -18.0. The number of carboxylic acids is 3. The van der Waals surface area contributed by atoms with E-state index in [9.17, 15) is 120 Å². The number of oxime groups is 4. The number of hydrogen-bond donors (Lipinski definition) is 16. The first kappa shape index (κ1) is 98.8. The SMILES string of the molecule is O.O=C([O-])CN(CCN(CC(=O)[O-])CC(=O)N(CCOC(=O)CO/N=C\C[C@H](O)[C@@H](O)[C@H](O)CO)CCOC(=O)CO/N=C/C[C@H](O)[C@@H](O)[C@H](O)CO)CCN(CC(=O)[O-])CC(=O)N(CCOC(=O)CO/N=C/C[C@H](O)[C@@H](O)[C@H](O)CO)CCOC(=O)CO/N=C/C[C@H](O)[C@@H](O)[C@H](O)CO.[Gd+3]. The van der Waals surface area contributed by atoms with Gasteiger partial charge in [-0.25, -0.2) is 19.2 Å². The number of aliphatic hydroxyl groups excluding tert-OH is 16. The Kier molecular flexibility index (Phi) is 57.8. The van der Waals surface area contributed by atoms with Crippen molar-refractivity contribution in [2.45, 2.75) is 98.9 Å². The number of nitrogens with zero attached hydrogens (tertiary/aromatic N) is 9. The topological polar surface area (TPSA) is 717 Å². The smallest absolute Gasteiger partial charge is 0.549 e. The van der Waals surface area contributed by atoms with E-state index in [-0.39, 0.29) is 45.4 Å². The summed E-state index contributed by atoms with van der Waals surface area (Å²) in [5, 5.41) is 202. The van der Waals surface area contributed by atoms with Crippen LogP contribution in [0.4, 0.5) is 0 Å². The van der Waals surface area contributed by atoms with E-state index in [1.807, 2.05) is 0 Å². The van der Waals surface area contributed by atoms with E-state index >= 15 is 0 Å². The molecule has 2 amide bonds. The van der Waals surface area contributed by atoms with E-state index in [1.165, 1.54) is 0 Å². The summed E-state index contributed by atoms with van der Waals surface area (Å²) in [7, 11) is 0. The number of esters is 4. The molecule has 0 bridgehead atoms. The van der Waals surface area contributed by atoms with Gasteiger partial charge in [-0.1, -0.05) is 20.6 Å². The molecule has 1 radical (unpaired) electrons. The fourth-order valence-electron chi connectivity index (χ4n) is 7.55. The Hall–Kier alpha value is -6.37. The van der Waals surface area contributed by atoms with Gasteiger partial charge in [-0.3, -0.25) is 24.3 Å². The first-order valence-corrected chi connectivity index (χ1v) is 30.0. The molecule has 18 N–H and O–H groups in total. The van der Waals surface area contributed by atoms with Gasteiger partial charge in [0.15, 0.2) is 0 Å². The van der Waals surface area contributed by atoms with Crippen molar-refractivity contribution in [3.63, 3.8) is 0 Å². The van der Waals surface area contributed by atoms with Gasteiger partial charge >= 0.3 is 63.8 Å². The molecule has 47 heteroatoms. The standard InChI is InChI=1S/C54H93N9O36.Gd.H2O/c64-26-38(72)51(88)34(68)1-5-55-96-30-47(84)92-17-13-62(14-18-93-48(85)31-97-56-6-2-35(69)52(89)39(73)27-65)42(76)21-60(24-45(80)81)11-9-59(23-44(78)79)10-12-61(25-46(82)83)22-43(77)63(15-19-94-49(86)32-98-57-7-3-36(70)53(90)40(74)28-66)16-20-95-50(87)33-99-58-8-4-37(71)54(91)41(75)29-67;;/h5-8,34-41,51-54,64-75,88-91H,1-4,9-33H2,(H,78,79)(H,80,81)(H,82,83);;1H2/q;+3;/p-3/b55-5-,56-6+,57-7+,58-8+;;/t34-,35-,36-,37-,38+,39+,40+,41+,51+,52+,53+,54+;;/m0../s1. The third-order valence-corrected chi connectivity index (χ3v) is 13.1. The summed E-state index contributed by atoms with van der Waals surface area (Å²) in [5.41, 5.74) is 0. The van der Waals surface area contributed by atoms with Gasteiger partial charge in [-0.2, -0.15) is 0 Å². The third kappa shape index (κ3) is 48.3. The number of aliphatic carboxylic acids is 3. The van der Waals surface area contributed by atoms with Gasteiger partial charge in [0.1, 0.15) is 75.3 Å². The van der Waals surface area contributed by atoms with Crippen LogP contribution < -0.4 is 15.3 Å². The van der Waals surface area contributed by atoms with Crippen molar-refractivity contribution in [1.29, 1.82) is 0 Å². The van der Waals surface area contributed by atoms with Crippen LogP contribution in [-0.4, -0.2) is 428 Å². The molecule has 101 heavy (non-hydrogen) atoms. The molecule has 0 saturated carbocycles. The third-order valence-electron chi connectivity index (χ3n) is 13.1. The number of carbonyl (C=O) groups is 9. The van der Waals surface area contributed by atoms with Gasteiger partial charge in [0, 0.05) is 96.4 Å². The van der Waals surface area contributed by atoms with E-state index in [0.717, 1.165) is 49.4 Å². The molecule has 0 aromatic rings. The summed E-state index contributed by atoms with van der Waals surface area (Å²) in [6, 6.07) is 0. The summed E-state index contributed by atoms with van der Waals surface area (Å²) in [4.78, 5) is 138. The molecule has 583 valence electrons. The fourth-order valence-corrected chi connectivity index (χ4v) is 7.55. The molecule has 0 aliphatic carbocycles. The predicted molar refractivity (Wildman–Crippen MR) is 322 cm³/mol. The van der Waals surface area contributed by atoms with Crippen LogP contribution in [0.25, 0.3) is 0 Å². The Balaban J connectivity index is -0.0000480. The number of amides is 2. The van der Waals surface area contributed by atoms with Gasteiger partial charge in [0.25, 0.3) is 0 Å². The molecule has 0 unspecified atom stereocenters. The predicted octanol–water partition coefficient (Wildman–Crippen LogP) is -18.0. The zero-order valence-corrected chi connectivity index (χ0v) is 56.7. The number of ether oxygens (including phenoxy) is 4. The number of carbonyl (C=O) groups excluding carboxylic acids is 9. The molecule has 0 aliphatic heterocycles. The second kappa shape index (κ2) is 59.1. The summed E-state index contributed by atoms with van der Waals surface area (Å²) in [5.74, 6) is -11.4. The van der Waals surface area contributed by atoms with E-state index in [0.29, 0.717) is 0 Å². The molecule has 46 nitrogen and oxygen atoms in total. The van der Waals surface area contributed by atoms with Crippen LogP contribution in [0, 0.1) is 39.9 Å². The van der Waals surface area contributed by atoms with Crippen LogP contribution in [0.15, 0.2) is 20.6 Å². The maximum atomic E-state index is 13.9. The maximum absolute atomic E-state index is 13.9. The summed E-state index contributed by atoms with van der Waals surface area (Å²) in [6.45, 7) is -17.5. The molecule has 12 atom stereocenters. The van der Waals surface area contributed by atoms with Crippen LogP contribution in [0.1, 0.15) is 25.7 Å². The minimum atomic E-state index is -1.76. The number of aliphatic hydroxyl groups is 16. The van der Waals surface area contributed by atoms with Crippen molar-refractivity contribution in [1.82, 2.24) is 24.5 Å². The normalized spacial score (nSPS) is 15.2. The van der Waals surface area contributed by atoms with E-state index in [2.05, 4.69) is 20.6 Å². The maximum Gasteiger partial charge on any atom is 3.00 e. The Morgan fingerprint density at radius 2 is 0.535 bits per heavy atom. The summed E-state index contributed by atoms with van der Waals surface area (Å²) >= 11 is 0. The van der Waals surface area contributed by atoms with E-state index in [4.69, 9.17) is 58.7 Å². The van der Waals surface area contributed by atoms with Crippen molar-refractivity contribution in [2.24, 2.45) is 20.6 Å². The van der Waals surface area contributed by atoms with Gasteiger partial charge in [-0.15, -0.1) is 0 Å². The van der Waals surface area contributed by atoms with Crippen LogP contribution >= 0.6 is 0 Å². The molecule has 0 spiro atoms. The Bertz CT molecular complexity index is 2200. The molecule has 0 rings (SSSR count). The molecule has 0 heterocycles. The van der Waals surface area contributed by atoms with Gasteiger partial charge in [-0.05, 0) is 0 Å². The molecule has 0 fully saturated rings. The molecular formula is C54H92GdN9O37. The number of carboxylic acid groups (broad SMARTS) is 3. The molecule has 0 aromatic heterocycles. The average Bonchev–Trinajstić information content (AvgIpc) is 1.21. The molecular weight excluding hydrogens is 1520 g/mol. The van der Waals surface area contributed by atoms with Crippen LogP contribution in [0.3, 0.4) is 0 Å². The summed E-state index contributed by atoms with van der Waals surface area (Å²) < 4.78 is 20.3. The van der Waals surface area contributed by atoms with Crippen molar-refractivity contribution in [3.05, 3.63) is 0 Å². The zero-order chi connectivity index (χ0) is 74.8. The van der Waals surface area contributed by atoms with Gasteiger partial charge in [0.2, 0.25) is 38.2 Å². The second-order valence-corrected chi connectivity index (χ2v) is 20.9. The monoisotopic (exact) mass is 1620 g/mol. The van der Waals surface area contributed by atoms with Crippen molar-refractivity contribution in [2.75, 3.05) is 164 Å². The van der Waals surface area contributed by atoms with Crippen molar-refractivity contribution in [3.8, 4) is 0 Å². The first-order valence-electron chi connectivity index (χ1n) is 30.0. The van der Waals surface area contributed by atoms with Gasteiger partial charge < -0.3 is 165 Å². The minimum Gasteiger partial charge on any atom is -0.549 e. The van der Waals surface area contributed by atoms with E-state index < -0.39 is 317 Å². The Labute approximate surface area is 607 Å². The fraction of sp³-hybridized carbons (Fsp3) is 0.759. The number of hydrogen-bond acceptors (Lipinski definition) is 43. The molecule has 0 aliphatic rings. The molecule has 0 aromatic carbocycles. The van der Waals surface area contributed by atoms with Crippen molar-refractivity contribution >= 4 is 78.5 Å². The number of rotatable bonds is 60. The van der Waals surface area contributed by atoms with Crippen molar-refractivity contribution < 1.29 is 224 Å². The van der Waals surface area contributed by atoms with Gasteiger partial charge in [0.05, 0.1) is 108 Å².